The van der Waals surface area contributed by atoms with Gasteiger partial charge in [0.2, 0.25) is 21.8 Å². The Hall–Kier alpha value is -2.34. The molecule has 2 fully saturated rings. The molecule has 0 aliphatic carbocycles. The molecule has 0 bridgehead atoms. The average Bonchev–Trinajstić information content (AvgIpc) is 3.34. The Labute approximate surface area is 169 Å². The number of hydrogen-bond acceptors (Lipinski definition) is 7. The molecule has 2 aliphatic rings. The standard InChI is InChI=1S/C18H24N4O6S/c1-28-11-10-22-16(23)12-15(18(22)25)19-20-17(24)13-4-6-14(7-5-13)29(26,27)21-8-2-3-9-21/h4-7,15,19H,2-3,8-12H2,1H3,(H,20,24)/t15-/m0/s1. The first-order valence-electron chi connectivity index (χ1n) is 9.34. The number of carbonyl (C=O) groups excluding carboxylic acids is 3. The number of hydrazine groups is 1. The summed E-state index contributed by atoms with van der Waals surface area (Å²) in [6.45, 7) is 1.41. The molecule has 1 aromatic rings. The molecule has 0 aromatic heterocycles. The fourth-order valence-electron chi connectivity index (χ4n) is 3.29. The molecule has 0 spiro atoms. The van der Waals surface area contributed by atoms with Crippen LogP contribution in [-0.4, -0.2) is 74.7 Å². The summed E-state index contributed by atoms with van der Waals surface area (Å²) in [7, 11) is -2.07. The van der Waals surface area contributed by atoms with E-state index in [-0.39, 0.29) is 35.9 Å². The van der Waals surface area contributed by atoms with Gasteiger partial charge in [0.1, 0.15) is 6.04 Å². The van der Waals surface area contributed by atoms with Crippen LogP contribution in [0.1, 0.15) is 29.6 Å². The molecule has 2 N–H and O–H groups in total. The van der Waals surface area contributed by atoms with Gasteiger partial charge in [0.15, 0.2) is 0 Å². The van der Waals surface area contributed by atoms with Crippen LogP contribution in [0.5, 0.6) is 0 Å². The molecular formula is C18H24N4O6S. The first-order valence-corrected chi connectivity index (χ1v) is 10.8. The van der Waals surface area contributed by atoms with E-state index < -0.39 is 27.9 Å². The highest BCUT2D eigenvalue weighted by Crippen LogP contribution is 2.21. The number of carbonyl (C=O) groups is 3. The molecule has 3 rings (SSSR count). The number of rotatable bonds is 8. The van der Waals surface area contributed by atoms with Crippen molar-refractivity contribution in [2.24, 2.45) is 0 Å². The molecule has 1 atom stereocenters. The number of hydrogen-bond donors (Lipinski definition) is 2. The molecule has 158 valence electrons. The van der Waals surface area contributed by atoms with Gasteiger partial charge < -0.3 is 4.74 Å². The van der Waals surface area contributed by atoms with Crippen molar-refractivity contribution in [3.8, 4) is 0 Å². The number of likely N-dealkylation sites (tertiary alicyclic amines) is 1. The van der Waals surface area contributed by atoms with E-state index in [1.165, 1.54) is 35.7 Å². The molecule has 10 nitrogen and oxygen atoms in total. The maximum Gasteiger partial charge on any atom is 0.265 e. The van der Waals surface area contributed by atoms with E-state index in [0.717, 1.165) is 17.7 Å². The Morgan fingerprint density at radius 1 is 1.17 bits per heavy atom. The first kappa shape index (κ1) is 21.4. The molecule has 2 aliphatic heterocycles. The Bertz CT molecular complexity index is 880. The van der Waals surface area contributed by atoms with Crippen LogP contribution in [0.2, 0.25) is 0 Å². The summed E-state index contributed by atoms with van der Waals surface area (Å²) in [5, 5.41) is 0. The fourth-order valence-corrected chi connectivity index (χ4v) is 4.81. The Morgan fingerprint density at radius 3 is 2.45 bits per heavy atom. The van der Waals surface area contributed by atoms with E-state index in [1.54, 1.807) is 0 Å². The summed E-state index contributed by atoms with van der Waals surface area (Å²) >= 11 is 0. The summed E-state index contributed by atoms with van der Waals surface area (Å²) in [4.78, 5) is 37.6. The zero-order chi connectivity index (χ0) is 21.0. The number of ether oxygens (including phenoxy) is 1. The Balaban J connectivity index is 1.57. The van der Waals surface area contributed by atoms with E-state index in [1.807, 2.05) is 0 Å². The third-order valence-corrected chi connectivity index (χ3v) is 6.86. The quantitative estimate of drug-likeness (QED) is 0.425. The van der Waals surface area contributed by atoms with E-state index in [2.05, 4.69) is 10.9 Å². The highest BCUT2D eigenvalue weighted by Gasteiger charge is 2.38. The van der Waals surface area contributed by atoms with E-state index in [4.69, 9.17) is 4.74 Å². The van der Waals surface area contributed by atoms with Crippen LogP contribution >= 0.6 is 0 Å². The van der Waals surface area contributed by atoms with E-state index in [0.29, 0.717) is 13.1 Å². The number of amides is 3. The fraction of sp³-hybridized carbons (Fsp3) is 0.500. The first-order chi connectivity index (χ1) is 13.8. The summed E-state index contributed by atoms with van der Waals surface area (Å²) in [5.74, 6) is -1.31. The van der Waals surface area contributed by atoms with Gasteiger partial charge in [-0.05, 0) is 37.1 Å². The van der Waals surface area contributed by atoms with Crippen molar-refractivity contribution in [1.29, 1.82) is 0 Å². The summed E-state index contributed by atoms with van der Waals surface area (Å²) < 4.78 is 31.3. The van der Waals surface area contributed by atoms with Gasteiger partial charge in [-0.3, -0.25) is 24.7 Å². The number of nitrogens with one attached hydrogen (secondary N) is 2. The van der Waals surface area contributed by atoms with E-state index >= 15 is 0 Å². The van der Waals surface area contributed by atoms with Crippen molar-refractivity contribution in [3.05, 3.63) is 29.8 Å². The number of sulfonamides is 1. The summed E-state index contributed by atoms with van der Waals surface area (Å²) in [5.41, 5.74) is 5.21. The van der Waals surface area contributed by atoms with E-state index in [9.17, 15) is 22.8 Å². The van der Waals surface area contributed by atoms with Gasteiger partial charge in [-0.1, -0.05) is 0 Å². The van der Waals surface area contributed by atoms with Gasteiger partial charge >= 0.3 is 0 Å². The molecule has 2 saturated heterocycles. The number of benzene rings is 1. The van der Waals surface area contributed by atoms with Crippen LogP contribution in [0.4, 0.5) is 0 Å². The smallest absolute Gasteiger partial charge is 0.265 e. The molecule has 11 heteroatoms. The van der Waals surface area contributed by atoms with Gasteiger partial charge in [-0.25, -0.2) is 13.8 Å². The van der Waals surface area contributed by atoms with Crippen LogP contribution in [0.3, 0.4) is 0 Å². The monoisotopic (exact) mass is 424 g/mol. The maximum absolute atomic E-state index is 12.5. The minimum absolute atomic E-state index is 0.0597. The Morgan fingerprint density at radius 2 is 1.83 bits per heavy atom. The van der Waals surface area contributed by atoms with Gasteiger partial charge in [-0.2, -0.15) is 4.31 Å². The van der Waals surface area contributed by atoms with Crippen LogP contribution in [0.15, 0.2) is 29.2 Å². The second-order valence-corrected chi connectivity index (χ2v) is 8.81. The van der Waals surface area contributed by atoms with Crippen molar-refractivity contribution in [1.82, 2.24) is 20.1 Å². The minimum Gasteiger partial charge on any atom is -0.383 e. The molecule has 0 radical (unpaired) electrons. The third kappa shape index (κ3) is 4.64. The van der Waals surface area contributed by atoms with Crippen molar-refractivity contribution >= 4 is 27.7 Å². The number of imide groups is 1. The van der Waals surface area contributed by atoms with Crippen LogP contribution in [-0.2, 0) is 24.3 Å². The minimum atomic E-state index is -3.55. The van der Waals surface area contributed by atoms with Crippen molar-refractivity contribution in [2.45, 2.75) is 30.2 Å². The lowest BCUT2D eigenvalue weighted by atomic mass is 10.2. The van der Waals surface area contributed by atoms with Gasteiger partial charge in [-0.15, -0.1) is 0 Å². The lowest BCUT2D eigenvalue weighted by molar-refractivity contribution is -0.139. The van der Waals surface area contributed by atoms with Crippen LogP contribution < -0.4 is 10.9 Å². The molecule has 29 heavy (non-hydrogen) atoms. The zero-order valence-corrected chi connectivity index (χ0v) is 16.9. The molecule has 0 unspecified atom stereocenters. The molecule has 2 heterocycles. The van der Waals surface area contributed by atoms with Gasteiger partial charge in [0, 0.05) is 25.8 Å². The lowest BCUT2D eigenvalue weighted by Crippen LogP contribution is -2.48. The highest BCUT2D eigenvalue weighted by atomic mass is 32.2. The largest absolute Gasteiger partial charge is 0.383 e. The topological polar surface area (TPSA) is 125 Å². The molecule has 1 aromatic carbocycles. The lowest BCUT2D eigenvalue weighted by Gasteiger charge is -2.16. The average molecular weight is 424 g/mol. The predicted molar refractivity (Wildman–Crippen MR) is 102 cm³/mol. The summed E-state index contributed by atoms with van der Waals surface area (Å²) in [6, 6.07) is 4.75. The molecule has 0 saturated carbocycles. The van der Waals surface area contributed by atoms with Crippen molar-refractivity contribution in [2.75, 3.05) is 33.4 Å². The normalized spacial score (nSPS) is 20.4. The van der Waals surface area contributed by atoms with Crippen molar-refractivity contribution in [3.63, 3.8) is 0 Å². The number of methoxy groups -OCH3 is 1. The summed E-state index contributed by atoms with van der Waals surface area (Å²) in [6.07, 6.45) is 1.63. The third-order valence-electron chi connectivity index (χ3n) is 4.94. The van der Waals surface area contributed by atoms with Gasteiger partial charge in [0.25, 0.3) is 5.91 Å². The molecular weight excluding hydrogens is 400 g/mol. The maximum atomic E-state index is 12.5. The second-order valence-electron chi connectivity index (χ2n) is 6.87. The van der Waals surface area contributed by atoms with Crippen molar-refractivity contribution < 1.29 is 27.5 Å². The number of nitrogens with zero attached hydrogens (tertiary/aromatic N) is 2. The van der Waals surface area contributed by atoms with Gasteiger partial charge in [0.05, 0.1) is 24.5 Å². The van der Waals surface area contributed by atoms with Crippen LogP contribution in [0, 0.1) is 0 Å². The highest BCUT2D eigenvalue weighted by molar-refractivity contribution is 7.89. The zero-order valence-electron chi connectivity index (χ0n) is 16.1. The molecule has 3 amide bonds. The Kier molecular flexibility index (Phi) is 6.63. The second kappa shape index (κ2) is 8.99. The van der Waals surface area contributed by atoms with Crippen LogP contribution in [0.25, 0.3) is 0 Å². The SMILES string of the molecule is COCCN1C(=O)C[C@H](NNC(=O)c2ccc(S(=O)(=O)N3CCCC3)cc2)C1=O. The predicted octanol–water partition coefficient (Wildman–Crippen LogP) is -0.521.